The molecule has 0 unspecified atom stereocenters. The van der Waals surface area contributed by atoms with Crippen molar-refractivity contribution in [2.24, 2.45) is 0 Å². The second kappa shape index (κ2) is 3.42. The number of nitrogens with one attached hydrogen (secondary N) is 1. The molecule has 14 heavy (non-hydrogen) atoms. The van der Waals surface area contributed by atoms with Gasteiger partial charge in [0.1, 0.15) is 5.65 Å². The third kappa shape index (κ3) is 1.63. The third-order valence-electron chi connectivity index (χ3n) is 2.24. The maximum atomic E-state index is 4.33. The molecule has 3 heteroatoms. The molecule has 1 N–H and O–H groups in total. The summed E-state index contributed by atoms with van der Waals surface area (Å²) in [4.78, 5) is 9.68. The van der Waals surface area contributed by atoms with Crippen molar-refractivity contribution in [2.75, 3.05) is 14.1 Å². The highest BCUT2D eigenvalue weighted by atomic mass is 15.1. The number of hydrogen-bond acceptors (Lipinski definition) is 2. The zero-order valence-electron chi connectivity index (χ0n) is 8.83. The van der Waals surface area contributed by atoms with Crippen molar-refractivity contribution >= 4 is 11.0 Å². The molecule has 3 nitrogen and oxygen atoms in total. The minimum atomic E-state index is 0.950. The van der Waals surface area contributed by atoms with Crippen molar-refractivity contribution in [3.63, 3.8) is 0 Å². The van der Waals surface area contributed by atoms with Crippen LogP contribution in [0.15, 0.2) is 18.5 Å². The van der Waals surface area contributed by atoms with Gasteiger partial charge >= 0.3 is 0 Å². The van der Waals surface area contributed by atoms with Gasteiger partial charge in [-0.25, -0.2) is 4.98 Å². The lowest BCUT2D eigenvalue weighted by molar-refractivity contribution is 0.404. The van der Waals surface area contributed by atoms with Crippen molar-refractivity contribution in [1.29, 1.82) is 0 Å². The molecule has 0 amide bonds. The largest absolute Gasteiger partial charge is 0.346 e. The van der Waals surface area contributed by atoms with Gasteiger partial charge in [-0.1, -0.05) is 0 Å². The molecule has 2 heterocycles. The highest BCUT2D eigenvalue weighted by molar-refractivity contribution is 5.80. The fourth-order valence-corrected chi connectivity index (χ4v) is 1.63. The van der Waals surface area contributed by atoms with Crippen LogP contribution in [0, 0.1) is 6.92 Å². The lowest BCUT2D eigenvalue weighted by Gasteiger charge is -2.07. The second-order valence-corrected chi connectivity index (χ2v) is 3.96. The van der Waals surface area contributed by atoms with Gasteiger partial charge in [0.15, 0.2) is 0 Å². The molecule has 0 aliphatic carbocycles. The van der Waals surface area contributed by atoms with Crippen LogP contribution in [0.4, 0.5) is 0 Å². The van der Waals surface area contributed by atoms with Crippen LogP contribution in [0.25, 0.3) is 11.0 Å². The van der Waals surface area contributed by atoms with Crippen LogP contribution < -0.4 is 0 Å². The molecular formula is C11H15N3. The van der Waals surface area contributed by atoms with E-state index < -0.39 is 0 Å². The Morgan fingerprint density at radius 2 is 2.21 bits per heavy atom. The van der Waals surface area contributed by atoms with Gasteiger partial charge in [-0.15, -0.1) is 0 Å². The average molecular weight is 189 g/mol. The van der Waals surface area contributed by atoms with E-state index in [9.17, 15) is 0 Å². The van der Waals surface area contributed by atoms with Gasteiger partial charge in [0, 0.05) is 24.3 Å². The maximum Gasteiger partial charge on any atom is 0.137 e. The van der Waals surface area contributed by atoms with E-state index in [4.69, 9.17) is 0 Å². The van der Waals surface area contributed by atoms with E-state index in [1.54, 1.807) is 0 Å². The summed E-state index contributed by atoms with van der Waals surface area (Å²) in [5.74, 6) is 0. The molecule has 0 aliphatic heterocycles. The molecule has 0 aliphatic rings. The Morgan fingerprint density at radius 1 is 1.43 bits per heavy atom. The van der Waals surface area contributed by atoms with Crippen molar-refractivity contribution in [3.05, 3.63) is 29.6 Å². The van der Waals surface area contributed by atoms with Gasteiger partial charge in [0.2, 0.25) is 0 Å². The Balaban J connectivity index is 2.50. The van der Waals surface area contributed by atoms with E-state index >= 15 is 0 Å². The Morgan fingerprint density at radius 3 is 2.93 bits per heavy atom. The summed E-state index contributed by atoms with van der Waals surface area (Å²) in [5.41, 5.74) is 3.49. The van der Waals surface area contributed by atoms with E-state index in [2.05, 4.69) is 42.0 Å². The van der Waals surface area contributed by atoms with Crippen LogP contribution in [0.1, 0.15) is 11.1 Å². The second-order valence-electron chi connectivity index (χ2n) is 3.96. The predicted octanol–water partition coefficient (Wildman–Crippen LogP) is 1.93. The molecule has 0 spiro atoms. The van der Waals surface area contributed by atoms with Crippen LogP contribution in [-0.2, 0) is 6.54 Å². The predicted molar refractivity (Wildman–Crippen MR) is 58.2 cm³/mol. The number of fused-ring (bicyclic) bond motifs is 1. The minimum Gasteiger partial charge on any atom is -0.346 e. The fraction of sp³-hybridized carbons (Fsp3) is 0.364. The summed E-state index contributed by atoms with van der Waals surface area (Å²) in [6.45, 7) is 3.02. The van der Waals surface area contributed by atoms with Gasteiger partial charge in [0.25, 0.3) is 0 Å². The molecule has 0 saturated heterocycles. The van der Waals surface area contributed by atoms with Crippen molar-refractivity contribution < 1.29 is 0 Å². The van der Waals surface area contributed by atoms with Crippen LogP contribution in [-0.4, -0.2) is 29.0 Å². The number of pyridine rings is 1. The Labute approximate surface area is 83.8 Å². The first kappa shape index (κ1) is 9.21. The smallest absolute Gasteiger partial charge is 0.137 e. The molecule has 0 bridgehead atoms. The summed E-state index contributed by atoms with van der Waals surface area (Å²) >= 11 is 0. The molecular weight excluding hydrogens is 174 g/mol. The Kier molecular flexibility index (Phi) is 2.25. The molecule has 0 aromatic carbocycles. The van der Waals surface area contributed by atoms with E-state index in [1.807, 2.05) is 12.4 Å². The first-order chi connectivity index (χ1) is 6.66. The van der Waals surface area contributed by atoms with Crippen molar-refractivity contribution in [3.8, 4) is 0 Å². The van der Waals surface area contributed by atoms with Crippen LogP contribution in [0.5, 0.6) is 0 Å². The van der Waals surface area contributed by atoms with E-state index in [1.165, 1.54) is 16.5 Å². The Hall–Kier alpha value is -1.35. The van der Waals surface area contributed by atoms with Crippen molar-refractivity contribution in [1.82, 2.24) is 14.9 Å². The van der Waals surface area contributed by atoms with E-state index in [0.717, 1.165) is 12.2 Å². The summed E-state index contributed by atoms with van der Waals surface area (Å²) in [6.07, 6.45) is 3.93. The number of H-pyrrole nitrogens is 1. The number of aromatic amines is 1. The van der Waals surface area contributed by atoms with Crippen LogP contribution in [0.2, 0.25) is 0 Å². The van der Waals surface area contributed by atoms with E-state index in [-0.39, 0.29) is 0 Å². The van der Waals surface area contributed by atoms with Gasteiger partial charge in [-0.3, -0.25) is 0 Å². The van der Waals surface area contributed by atoms with Crippen LogP contribution >= 0.6 is 0 Å². The zero-order valence-corrected chi connectivity index (χ0v) is 8.83. The van der Waals surface area contributed by atoms with Gasteiger partial charge in [-0.2, -0.15) is 0 Å². The summed E-state index contributed by atoms with van der Waals surface area (Å²) in [5, 5.41) is 1.23. The summed E-state index contributed by atoms with van der Waals surface area (Å²) in [7, 11) is 4.14. The standard InChI is InChI=1S/C11H15N3/c1-8-4-10-9(7-14(2)3)6-13-11(10)12-5-8/h4-6H,7H2,1-3H3,(H,12,13). The van der Waals surface area contributed by atoms with Gasteiger partial charge in [-0.05, 0) is 38.2 Å². The first-order valence-corrected chi connectivity index (χ1v) is 4.74. The summed E-state index contributed by atoms with van der Waals surface area (Å²) in [6, 6.07) is 2.18. The molecule has 0 saturated carbocycles. The van der Waals surface area contributed by atoms with Gasteiger partial charge in [0.05, 0.1) is 0 Å². The minimum absolute atomic E-state index is 0.950. The summed E-state index contributed by atoms with van der Waals surface area (Å²) < 4.78 is 0. The fourth-order valence-electron chi connectivity index (χ4n) is 1.63. The molecule has 0 atom stereocenters. The van der Waals surface area contributed by atoms with Crippen LogP contribution in [0.3, 0.4) is 0 Å². The topological polar surface area (TPSA) is 31.9 Å². The van der Waals surface area contributed by atoms with Crippen molar-refractivity contribution in [2.45, 2.75) is 13.5 Å². The molecule has 2 aromatic heterocycles. The Bertz CT molecular complexity index is 443. The van der Waals surface area contributed by atoms with Gasteiger partial charge < -0.3 is 9.88 Å². The molecule has 0 radical (unpaired) electrons. The molecule has 0 fully saturated rings. The quantitative estimate of drug-likeness (QED) is 0.782. The monoisotopic (exact) mass is 189 g/mol. The number of hydrogen-bond donors (Lipinski definition) is 1. The highest BCUT2D eigenvalue weighted by Crippen LogP contribution is 2.18. The number of rotatable bonds is 2. The maximum absolute atomic E-state index is 4.33. The first-order valence-electron chi connectivity index (χ1n) is 4.74. The molecule has 74 valence electrons. The zero-order chi connectivity index (χ0) is 10.1. The normalized spacial score (nSPS) is 11.4. The third-order valence-corrected chi connectivity index (χ3v) is 2.24. The number of aromatic nitrogens is 2. The lowest BCUT2D eigenvalue weighted by atomic mass is 10.2. The lowest BCUT2D eigenvalue weighted by Crippen LogP contribution is -2.10. The average Bonchev–Trinajstić information content (AvgIpc) is 2.47. The van der Waals surface area contributed by atoms with E-state index in [0.29, 0.717) is 0 Å². The highest BCUT2D eigenvalue weighted by Gasteiger charge is 2.05. The molecule has 2 rings (SSSR count). The number of aryl methyl sites for hydroxylation is 1. The number of nitrogens with zero attached hydrogens (tertiary/aromatic N) is 2. The SMILES string of the molecule is Cc1cnc2[nH]cc(CN(C)C)c2c1. The molecule has 2 aromatic rings.